The van der Waals surface area contributed by atoms with E-state index >= 15 is 0 Å². The predicted octanol–water partition coefficient (Wildman–Crippen LogP) is 2.85. The number of carbonyl (C=O) groups excluding carboxylic acids is 1. The van der Waals surface area contributed by atoms with Crippen LogP contribution in [0.3, 0.4) is 0 Å². The minimum atomic E-state index is -3.59. The van der Waals surface area contributed by atoms with E-state index in [2.05, 4.69) is 0 Å². The molecular formula is C17H19NO4S. The van der Waals surface area contributed by atoms with Crippen molar-refractivity contribution >= 4 is 16.0 Å². The number of benzene rings is 2. The third kappa shape index (κ3) is 3.97. The summed E-state index contributed by atoms with van der Waals surface area (Å²) >= 11 is 0. The van der Waals surface area contributed by atoms with Gasteiger partial charge in [0, 0.05) is 14.1 Å². The van der Waals surface area contributed by atoms with E-state index in [1.54, 1.807) is 6.92 Å². The summed E-state index contributed by atoms with van der Waals surface area (Å²) in [6.07, 6.45) is -0.419. The fourth-order valence-corrected chi connectivity index (χ4v) is 2.96. The molecule has 2 rings (SSSR count). The molecule has 23 heavy (non-hydrogen) atoms. The van der Waals surface area contributed by atoms with E-state index in [9.17, 15) is 13.2 Å². The second-order valence-corrected chi connectivity index (χ2v) is 7.43. The summed E-state index contributed by atoms with van der Waals surface area (Å²) in [5.41, 5.74) is 1.08. The first-order chi connectivity index (χ1) is 10.8. The first kappa shape index (κ1) is 17.2. The third-order valence-corrected chi connectivity index (χ3v) is 5.21. The maximum absolute atomic E-state index is 12.2. The fourth-order valence-electron chi connectivity index (χ4n) is 2.02. The highest BCUT2D eigenvalue weighted by molar-refractivity contribution is 7.89. The molecule has 2 aromatic rings. The van der Waals surface area contributed by atoms with Crippen LogP contribution in [0.2, 0.25) is 0 Å². The summed E-state index contributed by atoms with van der Waals surface area (Å²) in [6, 6.07) is 15.2. The van der Waals surface area contributed by atoms with Crippen molar-refractivity contribution in [2.75, 3.05) is 14.1 Å². The van der Waals surface area contributed by atoms with Gasteiger partial charge in [0.2, 0.25) is 10.0 Å². The van der Waals surface area contributed by atoms with Gasteiger partial charge in [0.05, 0.1) is 10.5 Å². The lowest BCUT2D eigenvalue weighted by molar-refractivity contribution is 0.0337. The second-order valence-electron chi connectivity index (χ2n) is 5.27. The van der Waals surface area contributed by atoms with Crippen molar-refractivity contribution in [2.24, 2.45) is 0 Å². The Hall–Kier alpha value is -2.18. The van der Waals surface area contributed by atoms with E-state index in [0.717, 1.165) is 9.87 Å². The molecule has 1 atom stereocenters. The topological polar surface area (TPSA) is 63.7 Å². The molecule has 0 aliphatic rings. The highest BCUT2D eigenvalue weighted by Crippen LogP contribution is 2.20. The van der Waals surface area contributed by atoms with Gasteiger partial charge in [-0.05, 0) is 30.7 Å². The van der Waals surface area contributed by atoms with Gasteiger partial charge in [-0.25, -0.2) is 17.5 Å². The number of ether oxygens (including phenoxy) is 1. The molecule has 0 fully saturated rings. The van der Waals surface area contributed by atoms with Crippen LogP contribution in [0.5, 0.6) is 0 Å². The molecule has 0 radical (unpaired) electrons. The summed E-state index contributed by atoms with van der Waals surface area (Å²) in [5.74, 6) is -0.558. The van der Waals surface area contributed by atoms with Crippen LogP contribution in [-0.2, 0) is 14.8 Å². The Balaban J connectivity index is 2.21. The van der Waals surface area contributed by atoms with Crippen molar-refractivity contribution in [2.45, 2.75) is 17.9 Å². The van der Waals surface area contributed by atoms with Gasteiger partial charge in [-0.2, -0.15) is 0 Å². The van der Waals surface area contributed by atoms with Crippen LogP contribution in [0.1, 0.15) is 28.9 Å². The number of hydrogen-bond acceptors (Lipinski definition) is 4. The number of hydrogen-bond donors (Lipinski definition) is 0. The summed E-state index contributed by atoms with van der Waals surface area (Å²) in [7, 11) is -0.703. The normalized spacial score (nSPS) is 12.9. The highest BCUT2D eigenvalue weighted by atomic mass is 32.2. The Morgan fingerprint density at radius 3 is 2.30 bits per heavy atom. The molecular weight excluding hydrogens is 314 g/mol. The first-order valence-electron chi connectivity index (χ1n) is 7.11. The summed E-state index contributed by atoms with van der Waals surface area (Å²) in [5, 5.41) is 0. The Morgan fingerprint density at radius 1 is 1.04 bits per heavy atom. The van der Waals surface area contributed by atoms with Crippen LogP contribution in [0.15, 0.2) is 59.5 Å². The third-order valence-electron chi connectivity index (χ3n) is 3.40. The van der Waals surface area contributed by atoms with Gasteiger partial charge in [0.15, 0.2) is 0 Å². The molecule has 0 spiro atoms. The minimum absolute atomic E-state index is 0.0596. The molecule has 2 aromatic carbocycles. The van der Waals surface area contributed by atoms with Gasteiger partial charge >= 0.3 is 5.97 Å². The summed E-state index contributed by atoms with van der Waals surface area (Å²) in [6.45, 7) is 1.77. The molecule has 0 aromatic heterocycles. The Bertz CT molecular complexity index is 785. The number of carbonyl (C=O) groups is 1. The standard InChI is InChI=1S/C17H19NO4S/c1-13(14-8-5-4-6-9-14)22-17(19)15-10-7-11-16(12-15)23(20,21)18(2)3/h4-13H,1-3H3. The van der Waals surface area contributed by atoms with Crippen LogP contribution in [0.25, 0.3) is 0 Å². The van der Waals surface area contributed by atoms with Crippen LogP contribution in [0.4, 0.5) is 0 Å². The Kier molecular flexibility index (Phi) is 5.18. The zero-order valence-corrected chi connectivity index (χ0v) is 14.1. The zero-order chi connectivity index (χ0) is 17.0. The summed E-state index contributed by atoms with van der Waals surface area (Å²) < 4.78 is 30.8. The smallest absolute Gasteiger partial charge is 0.338 e. The molecule has 122 valence electrons. The predicted molar refractivity (Wildman–Crippen MR) is 87.6 cm³/mol. The number of sulfonamides is 1. The van der Waals surface area contributed by atoms with Crippen LogP contribution >= 0.6 is 0 Å². The molecule has 5 nitrogen and oxygen atoms in total. The molecule has 0 saturated carbocycles. The average Bonchev–Trinajstić information content (AvgIpc) is 2.55. The van der Waals surface area contributed by atoms with Gasteiger partial charge in [0.1, 0.15) is 6.10 Å². The Labute approximate surface area is 136 Å². The quantitative estimate of drug-likeness (QED) is 0.789. The fraction of sp³-hybridized carbons (Fsp3) is 0.235. The van der Waals surface area contributed by atoms with Gasteiger partial charge in [-0.3, -0.25) is 0 Å². The van der Waals surface area contributed by atoms with E-state index in [-0.39, 0.29) is 10.5 Å². The number of rotatable bonds is 5. The number of esters is 1. The number of nitrogens with zero attached hydrogens (tertiary/aromatic N) is 1. The molecule has 0 aliphatic heterocycles. The monoisotopic (exact) mass is 333 g/mol. The lowest BCUT2D eigenvalue weighted by Crippen LogP contribution is -2.22. The summed E-state index contributed by atoms with van der Waals surface area (Å²) in [4.78, 5) is 12.3. The molecule has 1 unspecified atom stereocenters. The molecule has 0 heterocycles. The second kappa shape index (κ2) is 6.93. The Morgan fingerprint density at radius 2 is 1.70 bits per heavy atom. The van der Waals surface area contributed by atoms with E-state index in [1.165, 1.54) is 38.4 Å². The van der Waals surface area contributed by atoms with Gasteiger partial charge in [0.25, 0.3) is 0 Å². The lowest BCUT2D eigenvalue weighted by Gasteiger charge is -2.15. The largest absolute Gasteiger partial charge is 0.454 e. The molecule has 0 bridgehead atoms. The molecule has 0 N–H and O–H groups in total. The maximum atomic E-state index is 12.2. The van der Waals surface area contributed by atoms with Crippen LogP contribution < -0.4 is 0 Å². The van der Waals surface area contributed by atoms with E-state index in [1.807, 2.05) is 30.3 Å². The van der Waals surface area contributed by atoms with Gasteiger partial charge in [-0.1, -0.05) is 36.4 Å². The maximum Gasteiger partial charge on any atom is 0.338 e. The van der Waals surface area contributed by atoms with E-state index in [0.29, 0.717) is 0 Å². The minimum Gasteiger partial charge on any atom is -0.454 e. The van der Waals surface area contributed by atoms with Crippen molar-refractivity contribution in [3.05, 3.63) is 65.7 Å². The molecule has 0 aliphatic carbocycles. The lowest BCUT2D eigenvalue weighted by atomic mass is 10.1. The van der Waals surface area contributed by atoms with Gasteiger partial charge < -0.3 is 4.74 Å². The van der Waals surface area contributed by atoms with Crippen molar-refractivity contribution in [1.29, 1.82) is 0 Å². The average molecular weight is 333 g/mol. The highest BCUT2D eigenvalue weighted by Gasteiger charge is 2.20. The van der Waals surface area contributed by atoms with Crippen LogP contribution in [-0.4, -0.2) is 32.8 Å². The van der Waals surface area contributed by atoms with Gasteiger partial charge in [-0.15, -0.1) is 0 Å². The molecule has 0 saturated heterocycles. The molecule has 6 heteroatoms. The zero-order valence-electron chi connectivity index (χ0n) is 13.3. The van der Waals surface area contributed by atoms with Crippen molar-refractivity contribution in [1.82, 2.24) is 4.31 Å². The molecule has 0 amide bonds. The van der Waals surface area contributed by atoms with Crippen molar-refractivity contribution < 1.29 is 17.9 Å². The van der Waals surface area contributed by atoms with Crippen LogP contribution in [0, 0.1) is 0 Å². The van der Waals surface area contributed by atoms with Crippen molar-refractivity contribution in [3.63, 3.8) is 0 Å². The first-order valence-corrected chi connectivity index (χ1v) is 8.55. The van der Waals surface area contributed by atoms with E-state index in [4.69, 9.17) is 4.74 Å². The van der Waals surface area contributed by atoms with Crippen molar-refractivity contribution in [3.8, 4) is 0 Å². The SMILES string of the molecule is CC(OC(=O)c1cccc(S(=O)(=O)N(C)C)c1)c1ccccc1. The van der Waals surface area contributed by atoms with E-state index < -0.39 is 22.1 Å².